The first-order valence-electron chi connectivity index (χ1n) is 4.14. The summed E-state index contributed by atoms with van der Waals surface area (Å²) in [5, 5.41) is 0. The Labute approximate surface area is 88.3 Å². The standard InChI is InChI=1S/C8H12ClNO3S/c1-7(8-3-2-5-13-8)10-14(11,12)6-4-9/h2-3,5,7,10H,4,6H2,1H3. The molecule has 0 fully saturated rings. The molecular weight excluding hydrogens is 226 g/mol. The monoisotopic (exact) mass is 237 g/mol. The molecule has 0 spiro atoms. The molecule has 1 heterocycles. The van der Waals surface area contributed by atoms with E-state index in [1.165, 1.54) is 6.26 Å². The molecular formula is C8H12ClNO3S. The van der Waals surface area contributed by atoms with E-state index in [1.54, 1.807) is 19.1 Å². The van der Waals surface area contributed by atoms with Gasteiger partial charge >= 0.3 is 0 Å². The first-order chi connectivity index (χ1) is 6.55. The summed E-state index contributed by atoms with van der Waals surface area (Å²) in [7, 11) is -3.30. The van der Waals surface area contributed by atoms with Crippen LogP contribution in [0.15, 0.2) is 22.8 Å². The van der Waals surface area contributed by atoms with Gasteiger partial charge in [0, 0.05) is 5.88 Å². The molecule has 0 saturated heterocycles. The highest BCUT2D eigenvalue weighted by molar-refractivity contribution is 7.89. The minimum atomic E-state index is -3.30. The number of hydrogen-bond acceptors (Lipinski definition) is 3. The predicted octanol–water partition coefficient (Wildman–Crippen LogP) is 1.50. The summed E-state index contributed by atoms with van der Waals surface area (Å²) in [4.78, 5) is 0. The van der Waals surface area contributed by atoms with Crippen LogP contribution >= 0.6 is 11.6 Å². The molecule has 0 radical (unpaired) electrons. The second-order valence-electron chi connectivity index (χ2n) is 2.86. The molecule has 6 heteroatoms. The molecule has 1 aromatic heterocycles. The third-order valence-electron chi connectivity index (χ3n) is 1.67. The third-order valence-corrected chi connectivity index (χ3v) is 3.54. The lowest BCUT2D eigenvalue weighted by Crippen LogP contribution is -2.29. The molecule has 0 aliphatic heterocycles. The van der Waals surface area contributed by atoms with Gasteiger partial charge in [0.05, 0.1) is 18.1 Å². The van der Waals surface area contributed by atoms with E-state index in [0.717, 1.165) is 0 Å². The zero-order valence-corrected chi connectivity index (χ0v) is 9.31. The van der Waals surface area contributed by atoms with E-state index in [9.17, 15) is 8.42 Å². The SMILES string of the molecule is CC(NS(=O)(=O)CCCl)c1ccco1. The molecule has 0 amide bonds. The summed E-state index contributed by atoms with van der Waals surface area (Å²) in [5.41, 5.74) is 0. The van der Waals surface area contributed by atoms with Gasteiger partial charge in [-0.2, -0.15) is 0 Å². The van der Waals surface area contributed by atoms with Crippen molar-refractivity contribution in [2.24, 2.45) is 0 Å². The molecule has 0 aromatic carbocycles. The fourth-order valence-electron chi connectivity index (χ4n) is 1.03. The van der Waals surface area contributed by atoms with Gasteiger partial charge in [0.2, 0.25) is 10.0 Å². The van der Waals surface area contributed by atoms with Crippen LogP contribution in [0.5, 0.6) is 0 Å². The number of rotatable bonds is 5. The molecule has 1 atom stereocenters. The second-order valence-corrected chi connectivity index (χ2v) is 5.11. The third kappa shape index (κ3) is 3.32. The lowest BCUT2D eigenvalue weighted by atomic mass is 10.3. The Hall–Kier alpha value is -0.520. The fourth-order valence-corrected chi connectivity index (χ4v) is 2.61. The van der Waals surface area contributed by atoms with E-state index in [0.29, 0.717) is 5.76 Å². The molecule has 0 bridgehead atoms. The van der Waals surface area contributed by atoms with E-state index < -0.39 is 10.0 Å². The van der Waals surface area contributed by atoms with Crippen molar-refractivity contribution in [3.8, 4) is 0 Å². The van der Waals surface area contributed by atoms with E-state index in [1.807, 2.05) is 0 Å². The number of sulfonamides is 1. The maximum absolute atomic E-state index is 11.3. The van der Waals surface area contributed by atoms with Gasteiger partial charge in [0.15, 0.2) is 0 Å². The highest BCUT2D eigenvalue weighted by Gasteiger charge is 2.16. The molecule has 0 aliphatic rings. The summed E-state index contributed by atoms with van der Waals surface area (Å²) >= 11 is 5.35. The first-order valence-corrected chi connectivity index (χ1v) is 6.33. The number of nitrogens with one attached hydrogen (secondary N) is 1. The van der Waals surface area contributed by atoms with Crippen LogP contribution in [0.1, 0.15) is 18.7 Å². The Morgan fingerprint density at radius 2 is 2.36 bits per heavy atom. The van der Waals surface area contributed by atoms with Gasteiger partial charge in [-0.3, -0.25) is 0 Å². The van der Waals surface area contributed by atoms with Crippen molar-refractivity contribution < 1.29 is 12.8 Å². The predicted molar refractivity (Wildman–Crippen MR) is 54.8 cm³/mol. The fraction of sp³-hybridized carbons (Fsp3) is 0.500. The molecule has 1 N–H and O–H groups in total. The van der Waals surface area contributed by atoms with Crippen LogP contribution in [0.2, 0.25) is 0 Å². The lowest BCUT2D eigenvalue weighted by Gasteiger charge is -2.10. The van der Waals surface area contributed by atoms with Crippen LogP contribution in [-0.4, -0.2) is 20.1 Å². The number of hydrogen-bond donors (Lipinski definition) is 1. The van der Waals surface area contributed by atoms with Crippen LogP contribution in [0.4, 0.5) is 0 Å². The zero-order chi connectivity index (χ0) is 10.6. The molecule has 1 aromatic rings. The summed E-state index contributed by atoms with van der Waals surface area (Å²) < 4.78 is 30.1. The molecule has 1 unspecified atom stereocenters. The second kappa shape index (κ2) is 4.82. The quantitative estimate of drug-likeness (QED) is 0.790. The smallest absolute Gasteiger partial charge is 0.213 e. The Kier molecular flexibility index (Phi) is 3.97. The summed E-state index contributed by atoms with van der Waals surface area (Å²) in [6.45, 7) is 1.71. The first kappa shape index (κ1) is 11.6. The van der Waals surface area contributed by atoms with Crippen molar-refractivity contribution in [1.29, 1.82) is 0 Å². The van der Waals surface area contributed by atoms with Crippen LogP contribution in [0.3, 0.4) is 0 Å². The van der Waals surface area contributed by atoms with Gasteiger partial charge in [-0.1, -0.05) is 0 Å². The molecule has 14 heavy (non-hydrogen) atoms. The van der Waals surface area contributed by atoms with Gasteiger partial charge in [-0.15, -0.1) is 11.6 Å². The maximum atomic E-state index is 11.3. The van der Waals surface area contributed by atoms with Crippen molar-refractivity contribution in [2.75, 3.05) is 11.6 Å². The molecule has 80 valence electrons. The number of halogens is 1. The normalized spacial score (nSPS) is 14.1. The molecule has 1 rings (SSSR count). The highest BCUT2D eigenvalue weighted by Crippen LogP contribution is 2.13. The Bertz CT molecular complexity index is 360. The number of alkyl halides is 1. The van der Waals surface area contributed by atoms with Gasteiger partial charge in [0.1, 0.15) is 5.76 Å². The molecule has 0 aliphatic carbocycles. The van der Waals surface area contributed by atoms with Crippen molar-refractivity contribution in [1.82, 2.24) is 4.72 Å². The van der Waals surface area contributed by atoms with E-state index in [2.05, 4.69) is 4.72 Å². The largest absolute Gasteiger partial charge is 0.468 e. The maximum Gasteiger partial charge on any atom is 0.213 e. The Morgan fingerprint density at radius 3 is 2.86 bits per heavy atom. The average Bonchev–Trinajstić information content (AvgIpc) is 2.53. The number of furan rings is 1. The van der Waals surface area contributed by atoms with Gasteiger partial charge in [-0.05, 0) is 19.1 Å². The van der Waals surface area contributed by atoms with Crippen molar-refractivity contribution >= 4 is 21.6 Å². The van der Waals surface area contributed by atoms with Gasteiger partial charge in [0.25, 0.3) is 0 Å². The van der Waals surface area contributed by atoms with E-state index in [-0.39, 0.29) is 17.7 Å². The minimum Gasteiger partial charge on any atom is -0.468 e. The highest BCUT2D eigenvalue weighted by atomic mass is 35.5. The average molecular weight is 238 g/mol. The molecule has 0 saturated carbocycles. The molecule has 4 nitrogen and oxygen atoms in total. The van der Waals surface area contributed by atoms with E-state index in [4.69, 9.17) is 16.0 Å². The van der Waals surface area contributed by atoms with Crippen LogP contribution in [0, 0.1) is 0 Å². The van der Waals surface area contributed by atoms with Crippen molar-refractivity contribution in [2.45, 2.75) is 13.0 Å². The van der Waals surface area contributed by atoms with Crippen LogP contribution < -0.4 is 4.72 Å². The summed E-state index contributed by atoms with van der Waals surface area (Å²) in [6.07, 6.45) is 1.50. The topological polar surface area (TPSA) is 59.3 Å². The lowest BCUT2D eigenvalue weighted by molar-refractivity contribution is 0.459. The zero-order valence-electron chi connectivity index (χ0n) is 7.73. The van der Waals surface area contributed by atoms with Crippen LogP contribution in [0.25, 0.3) is 0 Å². The van der Waals surface area contributed by atoms with Gasteiger partial charge < -0.3 is 4.42 Å². The van der Waals surface area contributed by atoms with Gasteiger partial charge in [-0.25, -0.2) is 13.1 Å². The minimum absolute atomic E-state index is 0.0835. The Morgan fingerprint density at radius 1 is 1.64 bits per heavy atom. The van der Waals surface area contributed by atoms with Crippen molar-refractivity contribution in [3.05, 3.63) is 24.2 Å². The van der Waals surface area contributed by atoms with E-state index >= 15 is 0 Å². The van der Waals surface area contributed by atoms with Crippen LogP contribution in [-0.2, 0) is 10.0 Å². The summed E-state index contributed by atoms with van der Waals surface area (Å²) in [6, 6.07) is 3.06. The summed E-state index contributed by atoms with van der Waals surface area (Å²) in [5.74, 6) is 0.586. The van der Waals surface area contributed by atoms with Crippen molar-refractivity contribution in [3.63, 3.8) is 0 Å². The Balaban J connectivity index is 2.61.